The molecule has 0 bridgehead atoms. The van der Waals surface area contributed by atoms with E-state index in [1.807, 2.05) is 36.4 Å². The Morgan fingerprint density at radius 2 is 1.73 bits per heavy atom. The van der Waals surface area contributed by atoms with Crippen LogP contribution in [0.15, 0.2) is 48.5 Å². The van der Waals surface area contributed by atoms with Crippen LogP contribution in [-0.4, -0.2) is 71.5 Å². The lowest BCUT2D eigenvalue weighted by molar-refractivity contribution is -0.151. The van der Waals surface area contributed by atoms with Crippen LogP contribution in [0, 0.1) is 0 Å². The summed E-state index contributed by atoms with van der Waals surface area (Å²) < 4.78 is 10.8. The SMILES string of the molecule is COCC(C)(NC(=O)OCC1c2ccccc2-c2ccccc21)C(=O)N1CSCC1C(=O)O. The zero-order valence-corrected chi connectivity index (χ0v) is 19.3. The lowest BCUT2D eigenvalue weighted by Crippen LogP contribution is -2.62. The number of thioether (sulfide) groups is 1. The lowest BCUT2D eigenvalue weighted by Gasteiger charge is -2.33. The van der Waals surface area contributed by atoms with Gasteiger partial charge in [0.25, 0.3) is 5.91 Å². The third-order valence-corrected chi connectivity index (χ3v) is 7.07. The summed E-state index contributed by atoms with van der Waals surface area (Å²) in [5.41, 5.74) is 2.94. The van der Waals surface area contributed by atoms with Gasteiger partial charge in [0.2, 0.25) is 0 Å². The molecule has 0 spiro atoms. The third kappa shape index (κ3) is 4.43. The predicted octanol–water partition coefficient (Wildman–Crippen LogP) is 2.92. The van der Waals surface area contributed by atoms with Gasteiger partial charge in [-0.05, 0) is 29.2 Å². The van der Waals surface area contributed by atoms with Crippen LogP contribution in [0.3, 0.4) is 0 Å². The lowest BCUT2D eigenvalue weighted by atomic mass is 9.98. The van der Waals surface area contributed by atoms with E-state index in [2.05, 4.69) is 17.4 Å². The molecule has 2 atom stereocenters. The summed E-state index contributed by atoms with van der Waals surface area (Å²) >= 11 is 1.35. The summed E-state index contributed by atoms with van der Waals surface area (Å²) in [6.45, 7) is 1.50. The fourth-order valence-corrected chi connectivity index (χ4v) is 5.61. The molecule has 2 unspecified atom stereocenters. The minimum atomic E-state index is -1.46. The van der Waals surface area contributed by atoms with Crippen LogP contribution in [0.25, 0.3) is 11.1 Å². The molecule has 2 aromatic rings. The van der Waals surface area contributed by atoms with E-state index in [9.17, 15) is 19.5 Å². The first kappa shape index (κ1) is 23.1. The molecule has 8 nitrogen and oxygen atoms in total. The maximum atomic E-state index is 13.2. The minimum Gasteiger partial charge on any atom is -0.480 e. The average molecular weight is 471 g/mol. The number of fused-ring (bicyclic) bond motifs is 3. The van der Waals surface area contributed by atoms with Crippen molar-refractivity contribution in [1.29, 1.82) is 0 Å². The van der Waals surface area contributed by atoms with Gasteiger partial charge in [0.15, 0.2) is 0 Å². The van der Waals surface area contributed by atoms with Gasteiger partial charge in [-0.3, -0.25) is 4.79 Å². The van der Waals surface area contributed by atoms with Crippen molar-refractivity contribution < 1.29 is 29.0 Å². The van der Waals surface area contributed by atoms with Gasteiger partial charge < -0.3 is 24.8 Å². The molecule has 0 aromatic heterocycles. The molecule has 33 heavy (non-hydrogen) atoms. The van der Waals surface area contributed by atoms with Crippen molar-refractivity contribution in [1.82, 2.24) is 10.2 Å². The smallest absolute Gasteiger partial charge is 0.408 e. The van der Waals surface area contributed by atoms with E-state index in [-0.39, 0.29) is 25.0 Å². The molecular formula is C24H26N2O6S. The van der Waals surface area contributed by atoms with Crippen molar-refractivity contribution in [2.75, 3.05) is 32.0 Å². The van der Waals surface area contributed by atoms with Gasteiger partial charge in [-0.15, -0.1) is 11.8 Å². The van der Waals surface area contributed by atoms with E-state index in [1.54, 1.807) is 0 Å². The largest absolute Gasteiger partial charge is 0.480 e. The second-order valence-corrected chi connectivity index (χ2v) is 9.34. The van der Waals surface area contributed by atoms with Gasteiger partial charge in [-0.1, -0.05) is 48.5 Å². The number of hydrogen-bond acceptors (Lipinski definition) is 6. The number of ether oxygens (including phenoxy) is 2. The molecule has 1 fully saturated rings. The Kier molecular flexibility index (Phi) is 6.62. The second kappa shape index (κ2) is 9.44. The first-order valence-corrected chi connectivity index (χ1v) is 11.7. The van der Waals surface area contributed by atoms with Crippen molar-refractivity contribution in [2.45, 2.75) is 24.4 Å². The van der Waals surface area contributed by atoms with E-state index in [1.165, 1.54) is 30.7 Å². The Morgan fingerprint density at radius 3 is 2.30 bits per heavy atom. The highest BCUT2D eigenvalue weighted by molar-refractivity contribution is 7.99. The normalized spacial score (nSPS) is 18.8. The van der Waals surface area contributed by atoms with Crippen molar-refractivity contribution in [3.8, 4) is 11.1 Å². The first-order valence-electron chi connectivity index (χ1n) is 10.6. The number of benzene rings is 2. The number of nitrogens with one attached hydrogen (secondary N) is 1. The van der Waals surface area contributed by atoms with Crippen LogP contribution in [0.4, 0.5) is 4.79 Å². The third-order valence-electron chi connectivity index (χ3n) is 6.05. The van der Waals surface area contributed by atoms with Crippen LogP contribution in [0.1, 0.15) is 24.0 Å². The van der Waals surface area contributed by atoms with Crippen LogP contribution >= 0.6 is 11.8 Å². The highest BCUT2D eigenvalue weighted by Crippen LogP contribution is 2.44. The highest BCUT2D eigenvalue weighted by atomic mass is 32.2. The second-order valence-electron chi connectivity index (χ2n) is 8.34. The Labute approximate surface area is 196 Å². The standard InChI is InChI=1S/C24H26N2O6S/c1-24(13-31-2,22(29)26-14-33-12-20(26)21(27)28)25-23(30)32-11-19-17-9-5-3-7-15(17)16-8-4-6-10-18(16)19/h3-10,19-20H,11-14H2,1-2H3,(H,25,30)(H,27,28). The van der Waals surface area contributed by atoms with E-state index in [4.69, 9.17) is 9.47 Å². The van der Waals surface area contributed by atoms with Gasteiger partial charge in [-0.2, -0.15) is 0 Å². The number of carboxylic acid groups (broad SMARTS) is 1. The van der Waals surface area contributed by atoms with Gasteiger partial charge in [0.1, 0.15) is 18.2 Å². The number of rotatable bonds is 7. The molecular weight excluding hydrogens is 444 g/mol. The first-order chi connectivity index (χ1) is 15.9. The Balaban J connectivity index is 1.47. The summed E-state index contributed by atoms with van der Waals surface area (Å²) in [6, 6.07) is 15.1. The fraction of sp³-hybridized carbons (Fsp3) is 0.375. The molecule has 4 rings (SSSR count). The van der Waals surface area contributed by atoms with E-state index in [0.717, 1.165) is 22.3 Å². The molecule has 1 aliphatic heterocycles. The molecule has 0 radical (unpaired) electrons. The number of alkyl carbamates (subject to hydrolysis) is 1. The number of nitrogens with zero attached hydrogens (tertiary/aromatic N) is 1. The van der Waals surface area contributed by atoms with Crippen molar-refractivity contribution in [2.24, 2.45) is 0 Å². The van der Waals surface area contributed by atoms with E-state index >= 15 is 0 Å². The van der Waals surface area contributed by atoms with Crippen molar-refractivity contribution in [3.63, 3.8) is 0 Å². The summed E-state index contributed by atoms with van der Waals surface area (Å²) in [5.74, 6) is -1.17. The molecule has 1 saturated heterocycles. The Hall–Kier alpha value is -3.04. The molecule has 9 heteroatoms. The molecule has 2 amide bonds. The van der Waals surface area contributed by atoms with E-state index in [0.29, 0.717) is 5.75 Å². The van der Waals surface area contributed by atoms with Crippen LogP contribution < -0.4 is 5.32 Å². The summed E-state index contributed by atoms with van der Waals surface area (Å²) in [5, 5.41) is 12.0. The van der Waals surface area contributed by atoms with Crippen LogP contribution in [0.2, 0.25) is 0 Å². The maximum absolute atomic E-state index is 13.2. The quantitative estimate of drug-likeness (QED) is 0.641. The molecule has 2 aromatic carbocycles. The van der Waals surface area contributed by atoms with E-state index < -0.39 is 29.6 Å². The van der Waals surface area contributed by atoms with Crippen LogP contribution in [-0.2, 0) is 19.1 Å². The highest BCUT2D eigenvalue weighted by Gasteiger charge is 2.45. The maximum Gasteiger partial charge on any atom is 0.408 e. The van der Waals surface area contributed by atoms with Gasteiger partial charge in [-0.25, -0.2) is 9.59 Å². The molecule has 2 N–H and O–H groups in total. The number of carboxylic acids is 1. The number of hydrogen-bond donors (Lipinski definition) is 2. The van der Waals surface area contributed by atoms with Gasteiger partial charge in [0.05, 0.1) is 12.5 Å². The molecule has 0 saturated carbocycles. The summed E-state index contributed by atoms with van der Waals surface area (Å²) in [6.07, 6.45) is -0.761. The minimum absolute atomic E-state index is 0.106. The number of carbonyl (C=O) groups excluding carboxylic acids is 2. The van der Waals surface area contributed by atoms with Gasteiger partial charge >= 0.3 is 12.1 Å². The number of methoxy groups -OCH3 is 1. The topological polar surface area (TPSA) is 105 Å². The van der Waals surface area contributed by atoms with Crippen LogP contribution in [0.5, 0.6) is 0 Å². The molecule has 1 aliphatic carbocycles. The molecule has 174 valence electrons. The predicted molar refractivity (Wildman–Crippen MR) is 124 cm³/mol. The summed E-state index contributed by atoms with van der Waals surface area (Å²) in [4.78, 5) is 38.7. The fourth-order valence-electron chi connectivity index (χ4n) is 4.46. The Bertz CT molecular complexity index is 1030. The summed E-state index contributed by atoms with van der Waals surface area (Å²) in [7, 11) is 1.42. The monoisotopic (exact) mass is 470 g/mol. The number of amides is 2. The molecule has 2 aliphatic rings. The zero-order valence-electron chi connectivity index (χ0n) is 18.4. The average Bonchev–Trinajstić information content (AvgIpc) is 3.41. The van der Waals surface area contributed by atoms with Crippen molar-refractivity contribution in [3.05, 3.63) is 59.7 Å². The number of aliphatic carboxylic acids is 1. The molecule has 1 heterocycles. The Morgan fingerprint density at radius 1 is 1.12 bits per heavy atom. The van der Waals surface area contributed by atoms with Crippen molar-refractivity contribution >= 4 is 29.7 Å². The van der Waals surface area contributed by atoms with Gasteiger partial charge in [0, 0.05) is 18.8 Å². The number of carbonyl (C=O) groups is 3. The zero-order chi connectivity index (χ0) is 23.6.